The van der Waals surface area contributed by atoms with Crippen molar-refractivity contribution in [3.05, 3.63) is 11.6 Å². The van der Waals surface area contributed by atoms with Gasteiger partial charge in [-0.1, -0.05) is 26.2 Å². The van der Waals surface area contributed by atoms with Gasteiger partial charge in [0.15, 0.2) is 17.0 Å². The van der Waals surface area contributed by atoms with Gasteiger partial charge in [0.1, 0.15) is 0 Å². The van der Waals surface area contributed by atoms with Crippen molar-refractivity contribution in [2.45, 2.75) is 77.4 Å². The molecule has 8 heteroatoms. The molecule has 0 aromatic carbocycles. The average Bonchev–Trinajstić information content (AvgIpc) is 3.38. The lowest BCUT2D eigenvalue weighted by Crippen LogP contribution is -2.41. The van der Waals surface area contributed by atoms with Gasteiger partial charge in [-0.25, -0.2) is 9.99 Å². The lowest BCUT2D eigenvalue weighted by Gasteiger charge is -2.36. The Kier molecular flexibility index (Phi) is 6.88. The van der Waals surface area contributed by atoms with E-state index in [0.717, 1.165) is 50.1 Å². The molecular formula is C21H33ClN6O. The predicted molar refractivity (Wildman–Crippen MR) is 116 cm³/mol. The molecule has 2 aromatic rings. The molecule has 1 aliphatic carbocycles. The summed E-state index contributed by atoms with van der Waals surface area (Å²) in [5.41, 5.74) is 5.12. The Hall–Kier alpha value is -1.44. The zero-order chi connectivity index (χ0) is 20.2. The minimum atomic E-state index is 0.272. The van der Waals surface area contributed by atoms with E-state index >= 15 is 0 Å². The number of nitrogens with one attached hydrogen (secondary N) is 1. The van der Waals surface area contributed by atoms with E-state index in [9.17, 15) is 0 Å². The van der Waals surface area contributed by atoms with Gasteiger partial charge < -0.3 is 14.7 Å². The Morgan fingerprint density at radius 2 is 1.93 bits per heavy atom. The molecule has 7 nitrogen and oxygen atoms in total. The summed E-state index contributed by atoms with van der Waals surface area (Å²) in [6, 6.07) is 0.476. The summed E-state index contributed by atoms with van der Waals surface area (Å²) in [6.07, 6.45) is 11.7. The van der Waals surface area contributed by atoms with Crippen molar-refractivity contribution in [3.63, 3.8) is 0 Å². The van der Waals surface area contributed by atoms with Crippen molar-refractivity contribution in [3.8, 4) is 0 Å². The van der Waals surface area contributed by atoms with E-state index in [0.29, 0.717) is 23.9 Å². The van der Waals surface area contributed by atoms with Crippen molar-refractivity contribution in [1.82, 2.24) is 24.5 Å². The molecule has 3 heterocycles. The van der Waals surface area contributed by atoms with Crippen LogP contribution in [0.15, 0.2) is 6.33 Å². The Labute approximate surface area is 178 Å². The smallest absolute Gasteiger partial charge is 0.226 e. The first-order chi connectivity index (χ1) is 14.2. The van der Waals surface area contributed by atoms with Crippen LogP contribution in [-0.2, 0) is 4.74 Å². The average molecular weight is 421 g/mol. The van der Waals surface area contributed by atoms with E-state index in [1.165, 1.54) is 32.1 Å². The Bertz CT molecular complexity index is 792. The van der Waals surface area contributed by atoms with Gasteiger partial charge in [0.25, 0.3) is 0 Å². The molecule has 2 aromatic heterocycles. The van der Waals surface area contributed by atoms with Crippen molar-refractivity contribution < 1.29 is 4.74 Å². The molecule has 2 aliphatic rings. The maximum Gasteiger partial charge on any atom is 0.226 e. The third-order valence-electron chi connectivity index (χ3n) is 6.40. The highest BCUT2D eigenvalue weighted by atomic mass is 35.5. The number of hydrogen-bond donors (Lipinski definition) is 1. The third kappa shape index (κ3) is 4.67. The van der Waals surface area contributed by atoms with Crippen LogP contribution in [0.4, 0.5) is 5.82 Å². The summed E-state index contributed by atoms with van der Waals surface area (Å²) in [7, 11) is 0. The molecule has 1 atom stereocenters. The van der Waals surface area contributed by atoms with Crippen LogP contribution in [0.25, 0.3) is 11.2 Å². The third-order valence-corrected chi connectivity index (χ3v) is 6.56. The summed E-state index contributed by atoms with van der Waals surface area (Å²) in [5.74, 6) is 1.34. The van der Waals surface area contributed by atoms with Crippen LogP contribution in [0.5, 0.6) is 0 Å². The molecule has 0 radical (unpaired) electrons. The van der Waals surface area contributed by atoms with Crippen LogP contribution in [0.2, 0.25) is 5.28 Å². The summed E-state index contributed by atoms with van der Waals surface area (Å²) >= 11 is 6.27. The number of hydrazine groups is 1. The van der Waals surface area contributed by atoms with Crippen LogP contribution in [-0.4, -0.2) is 50.3 Å². The highest BCUT2D eigenvalue weighted by Gasteiger charge is 2.28. The molecule has 1 saturated heterocycles. The minimum absolute atomic E-state index is 0.272. The zero-order valence-corrected chi connectivity index (χ0v) is 18.4. The zero-order valence-electron chi connectivity index (χ0n) is 17.6. The molecule has 160 valence electrons. The van der Waals surface area contributed by atoms with Gasteiger partial charge in [-0.3, -0.25) is 0 Å². The number of anilines is 1. The Balaban J connectivity index is 1.45. The lowest BCUT2D eigenvalue weighted by atomic mass is 9.89. The van der Waals surface area contributed by atoms with E-state index in [1.807, 2.05) is 6.33 Å². The van der Waals surface area contributed by atoms with Crippen LogP contribution in [0.1, 0.15) is 71.3 Å². The van der Waals surface area contributed by atoms with Gasteiger partial charge in [-0.05, 0) is 56.5 Å². The minimum Gasteiger partial charge on any atom is -0.378 e. The number of nitrogens with zero attached hydrogens (tertiary/aromatic N) is 5. The molecule has 0 amide bonds. The molecule has 1 unspecified atom stereocenters. The Morgan fingerprint density at radius 1 is 1.17 bits per heavy atom. The molecule has 4 rings (SSSR count). The summed E-state index contributed by atoms with van der Waals surface area (Å²) in [4.78, 5) is 13.6. The maximum absolute atomic E-state index is 6.27. The van der Waals surface area contributed by atoms with Gasteiger partial charge in [-0.2, -0.15) is 9.97 Å². The van der Waals surface area contributed by atoms with E-state index < -0.39 is 0 Å². The van der Waals surface area contributed by atoms with Gasteiger partial charge in [0, 0.05) is 25.7 Å². The van der Waals surface area contributed by atoms with Crippen LogP contribution in [0.3, 0.4) is 0 Å². The number of imidazole rings is 1. The number of halogens is 1. The van der Waals surface area contributed by atoms with Crippen molar-refractivity contribution in [2.24, 2.45) is 5.92 Å². The maximum atomic E-state index is 6.27. The molecule has 1 N–H and O–H groups in total. The second kappa shape index (κ2) is 9.58. The number of hydrogen-bond acceptors (Lipinski definition) is 6. The normalized spacial score (nSPS) is 20.5. The van der Waals surface area contributed by atoms with Gasteiger partial charge >= 0.3 is 0 Å². The SMILES string of the molecule is CCCC(OCC)C1CCN(Nc2nc(Cl)nc3c2ncn3C2CCCC2)CC1. The van der Waals surface area contributed by atoms with E-state index in [2.05, 4.69) is 43.8 Å². The standard InChI is InChI=1S/C21H33ClN6O/c1-3-7-17(29-4-2)15-10-12-27(13-11-15)26-19-18-20(25-21(22)24-19)28(14-23-18)16-8-5-6-9-16/h14-17H,3-13H2,1-2H3,(H,24,25,26). The lowest BCUT2D eigenvalue weighted by molar-refractivity contribution is -0.00622. The highest BCUT2D eigenvalue weighted by Crippen LogP contribution is 2.33. The van der Waals surface area contributed by atoms with E-state index in [-0.39, 0.29) is 5.28 Å². The first-order valence-corrected chi connectivity index (χ1v) is 11.6. The van der Waals surface area contributed by atoms with E-state index in [4.69, 9.17) is 16.3 Å². The van der Waals surface area contributed by atoms with Crippen molar-refractivity contribution >= 4 is 28.6 Å². The number of piperidine rings is 1. The topological polar surface area (TPSA) is 68.1 Å². The number of ether oxygens (including phenoxy) is 1. The van der Waals surface area contributed by atoms with Gasteiger partial charge in [0.2, 0.25) is 5.28 Å². The van der Waals surface area contributed by atoms with Crippen molar-refractivity contribution in [1.29, 1.82) is 0 Å². The van der Waals surface area contributed by atoms with Crippen molar-refractivity contribution in [2.75, 3.05) is 25.1 Å². The van der Waals surface area contributed by atoms with E-state index in [1.54, 1.807) is 0 Å². The summed E-state index contributed by atoms with van der Waals surface area (Å²) < 4.78 is 8.20. The van der Waals surface area contributed by atoms with Crippen LogP contribution >= 0.6 is 11.6 Å². The molecular weight excluding hydrogens is 388 g/mol. The number of aromatic nitrogens is 4. The fraction of sp³-hybridized carbons (Fsp3) is 0.762. The van der Waals surface area contributed by atoms with Gasteiger partial charge in [0.05, 0.1) is 12.4 Å². The summed E-state index contributed by atoms with van der Waals surface area (Å²) in [6.45, 7) is 7.05. The molecule has 2 fully saturated rings. The summed E-state index contributed by atoms with van der Waals surface area (Å²) in [5, 5.41) is 2.51. The molecule has 1 saturated carbocycles. The molecule has 1 aliphatic heterocycles. The monoisotopic (exact) mass is 420 g/mol. The Morgan fingerprint density at radius 3 is 2.62 bits per heavy atom. The second-order valence-electron chi connectivity index (χ2n) is 8.32. The predicted octanol–water partition coefficient (Wildman–Crippen LogP) is 4.84. The second-order valence-corrected chi connectivity index (χ2v) is 8.66. The first kappa shape index (κ1) is 20.8. The fourth-order valence-electron chi connectivity index (χ4n) is 4.90. The number of fused-ring (bicyclic) bond motifs is 1. The number of rotatable bonds is 8. The fourth-order valence-corrected chi connectivity index (χ4v) is 5.07. The largest absolute Gasteiger partial charge is 0.378 e. The highest BCUT2D eigenvalue weighted by molar-refractivity contribution is 6.28. The quantitative estimate of drug-likeness (QED) is 0.616. The molecule has 0 spiro atoms. The molecule has 29 heavy (non-hydrogen) atoms. The van der Waals surface area contributed by atoms with Gasteiger partial charge in [-0.15, -0.1) is 0 Å². The van der Waals surface area contributed by atoms with Crippen LogP contribution < -0.4 is 5.43 Å². The first-order valence-electron chi connectivity index (χ1n) is 11.2. The molecule has 0 bridgehead atoms. The van der Waals surface area contributed by atoms with Crippen LogP contribution in [0, 0.1) is 5.92 Å².